The van der Waals surface area contributed by atoms with Crippen molar-refractivity contribution < 1.29 is 8.83 Å². The van der Waals surface area contributed by atoms with E-state index < -0.39 is 0 Å². The lowest BCUT2D eigenvalue weighted by molar-refractivity contribution is 0.668. The van der Waals surface area contributed by atoms with Crippen molar-refractivity contribution in [3.05, 3.63) is 120 Å². The van der Waals surface area contributed by atoms with Gasteiger partial charge in [-0.2, -0.15) is 0 Å². The summed E-state index contributed by atoms with van der Waals surface area (Å²) in [6, 6.07) is 34.8. The number of para-hydroxylation sites is 2. The number of hydrogen-bond acceptors (Lipinski definition) is 5. The summed E-state index contributed by atoms with van der Waals surface area (Å²) in [4.78, 5) is 15.3. The molecule has 0 amide bonds. The van der Waals surface area contributed by atoms with E-state index in [1.807, 2.05) is 60.7 Å². The van der Waals surface area contributed by atoms with Gasteiger partial charge in [0, 0.05) is 38.2 Å². The molecule has 0 bridgehead atoms. The summed E-state index contributed by atoms with van der Waals surface area (Å²) in [5.74, 6) is 1.84. The van der Waals surface area contributed by atoms with Gasteiger partial charge in [-0.05, 0) is 54.3 Å². The molecule has 0 N–H and O–H groups in total. The summed E-state index contributed by atoms with van der Waals surface area (Å²) < 4.78 is 12.4. The van der Waals surface area contributed by atoms with Crippen LogP contribution in [0.25, 0.3) is 84.1 Å². The number of furan rings is 2. The van der Waals surface area contributed by atoms with Gasteiger partial charge >= 0.3 is 0 Å². The fraction of sp³-hybridized carbons (Fsp3) is 0.0541. The molecule has 1 aliphatic rings. The van der Waals surface area contributed by atoms with E-state index in [9.17, 15) is 0 Å². The van der Waals surface area contributed by atoms with Crippen molar-refractivity contribution in [2.24, 2.45) is 0 Å². The van der Waals surface area contributed by atoms with Crippen molar-refractivity contribution in [1.29, 1.82) is 0 Å². The third kappa shape index (κ3) is 3.53. The average molecular weight is 542 g/mol. The van der Waals surface area contributed by atoms with E-state index in [4.69, 9.17) is 23.8 Å². The van der Waals surface area contributed by atoms with Crippen molar-refractivity contribution in [3.63, 3.8) is 0 Å². The zero-order valence-electron chi connectivity index (χ0n) is 22.5. The molecule has 5 nitrogen and oxygen atoms in total. The maximum absolute atomic E-state index is 6.21. The second-order valence-electron chi connectivity index (χ2n) is 10.7. The number of aromatic nitrogens is 3. The highest BCUT2D eigenvalue weighted by Crippen LogP contribution is 2.39. The van der Waals surface area contributed by atoms with Crippen LogP contribution in [0.4, 0.5) is 0 Å². The SMILES string of the molecule is C1=Cc2cc(-c3nc(-c4cccc5oc6ccccc6c45)nc(-c4cccc5oc6ccccc6c45)n3)ccc2CC1. The van der Waals surface area contributed by atoms with Crippen LogP contribution in [-0.2, 0) is 6.42 Å². The second kappa shape index (κ2) is 8.98. The third-order valence-electron chi connectivity index (χ3n) is 8.20. The Morgan fingerprint density at radius 3 is 1.74 bits per heavy atom. The first-order valence-electron chi connectivity index (χ1n) is 14.2. The Bertz CT molecular complexity index is 2250. The molecule has 5 heteroatoms. The summed E-state index contributed by atoms with van der Waals surface area (Å²) in [6.07, 6.45) is 6.54. The summed E-state index contributed by atoms with van der Waals surface area (Å²) >= 11 is 0. The van der Waals surface area contributed by atoms with Crippen molar-refractivity contribution in [1.82, 2.24) is 15.0 Å². The monoisotopic (exact) mass is 541 g/mol. The predicted molar refractivity (Wildman–Crippen MR) is 168 cm³/mol. The number of benzene rings is 5. The van der Waals surface area contributed by atoms with E-state index in [-0.39, 0.29) is 0 Å². The number of nitrogens with zero attached hydrogens (tertiary/aromatic N) is 3. The Morgan fingerprint density at radius 1 is 0.524 bits per heavy atom. The summed E-state index contributed by atoms with van der Waals surface area (Å²) in [7, 11) is 0. The van der Waals surface area contributed by atoms with E-state index in [2.05, 4.69) is 54.6 Å². The summed E-state index contributed by atoms with van der Waals surface area (Å²) in [5, 5.41) is 4.06. The largest absolute Gasteiger partial charge is 0.456 e. The first-order chi connectivity index (χ1) is 20.8. The zero-order valence-corrected chi connectivity index (χ0v) is 22.5. The maximum atomic E-state index is 6.21. The van der Waals surface area contributed by atoms with Crippen molar-refractivity contribution in [3.8, 4) is 34.2 Å². The van der Waals surface area contributed by atoms with Crippen LogP contribution >= 0.6 is 0 Å². The first-order valence-corrected chi connectivity index (χ1v) is 14.2. The van der Waals surface area contributed by atoms with E-state index in [0.717, 1.165) is 73.4 Å². The number of hydrogen-bond donors (Lipinski definition) is 0. The quantitative estimate of drug-likeness (QED) is 0.223. The molecular weight excluding hydrogens is 518 g/mol. The fourth-order valence-corrected chi connectivity index (χ4v) is 6.23. The van der Waals surface area contributed by atoms with Crippen LogP contribution in [0.3, 0.4) is 0 Å². The van der Waals surface area contributed by atoms with E-state index in [0.29, 0.717) is 17.5 Å². The molecule has 0 radical (unpaired) electrons. The Balaban J connectivity index is 1.35. The van der Waals surface area contributed by atoms with Gasteiger partial charge in [0.1, 0.15) is 22.3 Å². The predicted octanol–water partition coefficient (Wildman–Crippen LogP) is 9.63. The molecule has 8 aromatic rings. The van der Waals surface area contributed by atoms with Crippen LogP contribution < -0.4 is 0 Å². The normalized spacial score (nSPS) is 13.0. The van der Waals surface area contributed by atoms with Crippen LogP contribution in [0.2, 0.25) is 0 Å². The van der Waals surface area contributed by atoms with E-state index in [1.165, 1.54) is 11.1 Å². The second-order valence-corrected chi connectivity index (χ2v) is 10.7. The Labute approximate surface area is 240 Å². The number of allylic oxidation sites excluding steroid dienone is 1. The highest BCUT2D eigenvalue weighted by Gasteiger charge is 2.20. The van der Waals surface area contributed by atoms with Gasteiger partial charge in [0.2, 0.25) is 0 Å². The lowest BCUT2D eigenvalue weighted by atomic mass is 9.95. The highest BCUT2D eigenvalue weighted by molar-refractivity contribution is 6.13. The van der Waals surface area contributed by atoms with Crippen LogP contribution in [0.15, 0.2) is 118 Å². The Morgan fingerprint density at radius 2 is 1.10 bits per heavy atom. The molecule has 0 fully saturated rings. The van der Waals surface area contributed by atoms with Gasteiger partial charge in [0.25, 0.3) is 0 Å². The van der Waals surface area contributed by atoms with Crippen LogP contribution in [0.5, 0.6) is 0 Å². The molecule has 0 saturated carbocycles. The van der Waals surface area contributed by atoms with Gasteiger partial charge < -0.3 is 8.83 Å². The van der Waals surface area contributed by atoms with Crippen LogP contribution in [0, 0.1) is 0 Å². The van der Waals surface area contributed by atoms with E-state index >= 15 is 0 Å². The van der Waals surface area contributed by atoms with E-state index in [1.54, 1.807) is 0 Å². The molecule has 0 saturated heterocycles. The lowest BCUT2D eigenvalue weighted by Crippen LogP contribution is -2.02. The minimum atomic E-state index is 0.602. The fourth-order valence-electron chi connectivity index (χ4n) is 6.23. The molecule has 5 aromatic carbocycles. The Kier molecular flexibility index (Phi) is 4.96. The van der Waals surface area contributed by atoms with Crippen molar-refractivity contribution in [2.45, 2.75) is 12.8 Å². The first kappa shape index (κ1) is 23.2. The average Bonchev–Trinajstić information content (AvgIpc) is 3.63. The van der Waals surface area contributed by atoms with Crippen molar-refractivity contribution >= 4 is 50.0 Å². The summed E-state index contributed by atoms with van der Waals surface area (Å²) in [5.41, 5.74) is 8.62. The molecular formula is C37H23N3O2. The third-order valence-corrected chi connectivity index (χ3v) is 8.20. The van der Waals surface area contributed by atoms with Gasteiger partial charge in [-0.1, -0.05) is 84.9 Å². The standard InChI is InChI=1S/C37H23N3O2/c1-2-10-23-21-24(20-19-22(23)9-1)35-38-36(27-13-7-17-31-33(27)25-11-3-5-15-29(25)41-31)40-37(39-35)28-14-8-18-32-34(28)26-12-4-6-16-30(26)42-32/h2-8,10-21H,1,9H2. The maximum Gasteiger partial charge on any atom is 0.164 e. The molecule has 0 atom stereocenters. The number of aryl methyl sites for hydroxylation is 1. The van der Waals surface area contributed by atoms with Gasteiger partial charge in [-0.25, -0.2) is 15.0 Å². The van der Waals surface area contributed by atoms with Gasteiger partial charge in [0.15, 0.2) is 17.5 Å². The number of fused-ring (bicyclic) bond motifs is 7. The van der Waals surface area contributed by atoms with Gasteiger partial charge in [-0.3, -0.25) is 0 Å². The van der Waals surface area contributed by atoms with Gasteiger partial charge in [0.05, 0.1) is 0 Å². The molecule has 42 heavy (non-hydrogen) atoms. The molecule has 3 heterocycles. The molecule has 0 unspecified atom stereocenters. The summed E-state index contributed by atoms with van der Waals surface area (Å²) in [6.45, 7) is 0. The molecule has 0 spiro atoms. The van der Waals surface area contributed by atoms with Crippen LogP contribution in [-0.4, -0.2) is 15.0 Å². The van der Waals surface area contributed by atoms with Gasteiger partial charge in [-0.15, -0.1) is 0 Å². The molecule has 0 aliphatic heterocycles. The molecule has 1 aliphatic carbocycles. The topological polar surface area (TPSA) is 65.0 Å². The minimum absolute atomic E-state index is 0.602. The zero-order chi connectivity index (χ0) is 27.6. The minimum Gasteiger partial charge on any atom is -0.456 e. The molecule has 9 rings (SSSR count). The lowest BCUT2D eigenvalue weighted by Gasteiger charge is -2.13. The highest BCUT2D eigenvalue weighted by atomic mass is 16.3. The number of rotatable bonds is 3. The molecule has 3 aromatic heterocycles. The van der Waals surface area contributed by atoms with Crippen molar-refractivity contribution in [2.75, 3.05) is 0 Å². The van der Waals surface area contributed by atoms with Crippen LogP contribution in [0.1, 0.15) is 17.5 Å². The smallest absolute Gasteiger partial charge is 0.164 e. The molecule has 198 valence electrons. The Hall–Kier alpha value is -5.55.